The average Bonchev–Trinajstić information content (AvgIpc) is 3.04. The maximum Gasteiger partial charge on any atom is 0.183 e. The van der Waals surface area contributed by atoms with Gasteiger partial charge in [0.25, 0.3) is 0 Å². The molecule has 2 aliphatic rings. The van der Waals surface area contributed by atoms with E-state index in [0.717, 1.165) is 49.6 Å². The van der Waals surface area contributed by atoms with Gasteiger partial charge in [0, 0.05) is 13.0 Å². The van der Waals surface area contributed by atoms with Crippen LogP contribution in [0.3, 0.4) is 0 Å². The molecule has 2 aliphatic heterocycles. The van der Waals surface area contributed by atoms with Crippen LogP contribution in [-0.4, -0.2) is 19.5 Å². The van der Waals surface area contributed by atoms with E-state index in [4.69, 9.17) is 0 Å². The van der Waals surface area contributed by atoms with Gasteiger partial charge in [-0.15, -0.1) is 0 Å². The van der Waals surface area contributed by atoms with E-state index in [1.807, 2.05) is 0 Å². The third-order valence-corrected chi connectivity index (χ3v) is 4.06. The number of unbranched alkanes of at least 4 members (excludes halogenated alkanes) is 2. The van der Waals surface area contributed by atoms with Crippen molar-refractivity contribution < 1.29 is 0 Å². The number of aryl methyl sites for hydroxylation is 3. The first-order valence-corrected chi connectivity index (χ1v) is 8.50. The predicted octanol–water partition coefficient (Wildman–Crippen LogP) is 3.94. The zero-order chi connectivity index (χ0) is 15.9. The molecule has 0 unspecified atom stereocenters. The lowest BCUT2D eigenvalue weighted by Crippen LogP contribution is -2.12. The van der Waals surface area contributed by atoms with Crippen molar-refractivity contribution in [2.24, 2.45) is 0 Å². The number of rotatable bonds is 8. The van der Waals surface area contributed by atoms with Crippen molar-refractivity contribution in [1.29, 1.82) is 0 Å². The number of imidazole rings is 1. The van der Waals surface area contributed by atoms with Crippen molar-refractivity contribution in [3.63, 3.8) is 0 Å². The largest absolute Gasteiger partial charge is 0.326 e. The minimum absolute atomic E-state index is 0.719. The van der Waals surface area contributed by atoms with Crippen LogP contribution in [0, 0.1) is 6.20 Å². The highest BCUT2D eigenvalue weighted by atomic mass is 15.1. The van der Waals surface area contributed by atoms with Crippen LogP contribution in [0.1, 0.15) is 44.0 Å². The molecule has 0 saturated heterocycles. The number of nitrogens with zero attached hydrogens (tertiary/aromatic N) is 4. The molecule has 1 aromatic rings. The molecular weight excluding hydrogens is 284 g/mol. The lowest BCUT2D eigenvalue weighted by Gasteiger charge is -2.13. The van der Waals surface area contributed by atoms with Crippen LogP contribution in [0.2, 0.25) is 0 Å². The third-order valence-electron chi connectivity index (χ3n) is 4.06. The molecule has 0 aromatic heterocycles. The maximum absolute atomic E-state index is 4.67. The van der Waals surface area contributed by atoms with Gasteiger partial charge in [-0.05, 0) is 31.2 Å². The average molecular weight is 307 g/mol. The molecule has 0 bridgehead atoms. The molecule has 2 heterocycles. The molecule has 23 heavy (non-hydrogen) atoms. The molecule has 0 atom stereocenters. The van der Waals surface area contributed by atoms with E-state index in [-0.39, 0.29) is 0 Å². The standard InChI is InChI=1S/C19H23N4/c1-2-3-12-18-22-19-17(20-15-21-19)14-23(18)13-8-7-11-16-9-5-4-6-10-16/h4-6,9-10,15H,2-3,7-8,11-13H2,1H3. The van der Waals surface area contributed by atoms with Gasteiger partial charge in [-0.25, -0.2) is 15.0 Å². The Morgan fingerprint density at radius 2 is 1.87 bits per heavy atom. The summed E-state index contributed by atoms with van der Waals surface area (Å²) in [6.45, 7) is 3.15. The SMILES string of the molecule is CCCCc1nc2ncnc-2[c]n1CCCCc1ccccc1. The Kier molecular flexibility index (Phi) is 5.35. The molecule has 1 radical (unpaired) electrons. The molecule has 0 fully saturated rings. The van der Waals surface area contributed by atoms with Crippen molar-refractivity contribution in [2.45, 2.75) is 52.0 Å². The quantitative estimate of drug-likeness (QED) is 0.592. The van der Waals surface area contributed by atoms with E-state index in [1.54, 1.807) is 6.33 Å². The summed E-state index contributed by atoms with van der Waals surface area (Å²) in [4.78, 5) is 13.1. The fraction of sp³-hybridized carbons (Fsp3) is 0.421. The van der Waals surface area contributed by atoms with Crippen LogP contribution in [0.4, 0.5) is 0 Å². The number of benzene rings is 1. The number of fused-ring (bicyclic) bond motifs is 1. The first kappa shape index (κ1) is 15.7. The van der Waals surface area contributed by atoms with Crippen LogP contribution in [0.25, 0.3) is 11.5 Å². The van der Waals surface area contributed by atoms with Crippen molar-refractivity contribution in [2.75, 3.05) is 0 Å². The normalized spacial score (nSPS) is 11.2. The van der Waals surface area contributed by atoms with Crippen LogP contribution < -0.4 is 0 Å². The molecule has 0 N–H and O–H groups in total. The Bertz CT molecular complexity index is 690. The lowest BCUT2D eigenvalue weighted by atomic mass is 10.1. The fourth-order valence-corrected chi connectivity index (χ4v) is 2.75. The predicted molar refractivity (Wildman–Crippen MR) is 91.3 cm³/mol. The zero-order valence-corrected chi connectivity index (χ0v) is 13.7. The summed E-state index contributed by atoms with van der Waals surface area (Å²) in [5, 5.41) is 0. The van der Waals surface area contributed by atoms with E-state index in [2.05, 4.69) is 63.0 Å². The van der Waals surface area contributed by atoms with Gasteiger partial charge < -0.3 is 4.57 Å². The smallest absolute Gasteiger partial charge is 0.183 e. The molecule has 0 aliphatic carbocycles. The molecule has 3 rings (SSSR count). The molecule has 1 aromatic carbocycles. The van der Waals surface area contributed by atoms with Gasteiger partial charge in [0.05, 0.1) is 6.20 Å². The third kappa shape index (κ3) is 4.15. The first-order valence-electron chi connectivity index (χ1n) is 8.50. The van der Waals surface area contributed by atoms with E-state index in [9.17, 15) is 0 Å². The molecule has 4 nitrogen and oxygen atoms in total. The molecular formula is C19H23N4. The Labute approximate surface area is 138 Å². The molecule has 0 amide bonds. The summed E-state index contributed by atoms with van der Waals surface area (Å²) >= 11 is 0. The monoisotopic (exact) mass is 307 g/mol. The maximum atomic E-state index is 4.67. The second-order valence-corrected chi connectivity index (χ2v) is 5.88. The van der Waals surface area contributed by atoms with Gasteiger partial charge in [0.2, 0.25) is 0 Å². The highest BCUT2D eigenvalue weighted by Crippen LogP contribution is 2.16. The number of hydrogen-bond acceptors (Lipinski definition) is 3. The summed E-state index contributed by atoms with van der Waals surface area (Å²) in [6, 6.07) is 10.7. The Hall–Kier alpha value is -2.23. The van der Waals surface area contributed by atoms with E-state index in [0.29, 0.717) is 0 Å². The van der Waals surface area contributed by atoms with Crippen molar-refractivity contribution in [3.8, 4) is 11.5 Å². The van der Waals surface area contributed by atoms with Crippen LogP contribution in [0.15, 0.2) is 36.7 Å². The molecule has 0 spiro atoms. The van der Waals surface area contributed by atoms with Gasteiger partial charge in [-0.1, -0.05) is 43.7 Å². The van der Waals surface area contributed by atoms with Gasteiger partial charge in [-0.2, -0.15) is 0 Å². The van der Waals surface area contributed by atoms with Crippen LogP contribution in [-0.2, 0) is 19.4 Å². The summed E-state index contributed by atoms with van der Waals surface area (Å²) in [6.07, 6.45) is 11.6. The fourth-order valence-electron chi connectivity index (χ4n) is 2.75. The van der Waals surface area contributed by atoms with Gasteiger partial charge in [0.15, 0.2) is 5.82 Å². The lowest BCUT2D eigenvalue weighted by molar-refractivity contribution is 0.559. The molecule has 4 heteroatoms. The summed E-state index contributed by atoms with van der Waals surface area (Å²) in [5.74, 6) is 1.80. The number of aromatic nitrogens is 4. The number of hydrogen-bond donors (Lipinski definition) is 0. The Morgan fingerprint density at radius 3 is 2.70 bits per heavy atom. The van der Waals surface area contributed by atoms with Gasteiger partial charge in [0.1, 0.15) is 17.8 Å². The van der Waals surface area contributed by atoms with Crippen molar-refractivity contribution >= 4 is 0 Å². The highest BCUT2D eigenvalue weighted by Gasteiger charge is 2.12. The van der Waals surface area contributed by atoms with E-state index >= 15 is 0 Å². The molecule has 0 saturated carbocycles. The summed E-state index contributed by atoms with van der Waals surface area (Å²) < 4.78 is 2.15. The highest BCUT2D eigenvalue weighted by molar-refractivity contribution is 5.47. The molecule has 119 valence electrons. The van der Waals surface area contributed by atoms with Gasteiger partial charge in [-0.3, -0.25) is 0 Å². The topological polar surface area (TPSA) is 43.6 Å². The van der Waals surface area contributed by atoms with Crippen LogP contribution >= 0.6 is 0 Å². The second-order valence-electron chi connectivity index (χ2n) is 5.88. The first-order chi connectivity index (χ1) is 11.4. The Morgan fingerprint density at radius 1 is 1.00 bits per heavy atom. The van der Waals surface area contributed by atoms with E-state index < -0.39 is 0 Å². The van der Waals surface area contributed by atoms with Gasteiger partial charge >= 0.3 is 0 Å². The van der Waals surface area contributed by atoms with Crippen LogP contribution in [0.5, 0.6) is 0 Å². The second kappa shape index (κ2) is 7.86. The van der Waals surface area contributed by atoms with Crippen molar-refractivity contribution in [1.82, 2.24) is 19.5 Å². The Balaban J connectivity index is 1.62. The minimum Gasteiger partial charge on any atom is -0.326 e. The minimum atomic E-state index is 0.719. The van der Waals surface area contributed by atoms with Crippen molar-refractivity contribution in [3.05, 3.63) is 54.2 Å². The summed E-state index contributed by atoms with van der Waals surface area (Å²) in [5.41, 5.74) is 2.18. The zero-order valence-electron chi connectivity index (χ0n) is 13.7. The van der Waals surface area contributed by atoms with E-state index in [1.165, 1.54) is 18.4 Å². The summed E-state index contributed by atoms with van der Waals surface area (Å²) in [7, 11) is 0.